The maximum atomic E-state index is 11.4. The van der Waals surface area contributed by atoms with Crippen molar-refractivity contribution in [1.82, 2.24) is 24.8 Å². The van der Waals surface area contributed by atoms with Crippen molar-refractivity contribution < 1.29 is 4.79 Å². The maximum Gasteiger partial charge on any atom is 0.234 e. The minimum absolute atomic E-state index is 0.125. The first-order valence-corrected chi connectivity index (χ1v) is 8.67. The van der Waals surface area contributed by atoms with Crippen LogP contribution in [0.15, 0.2) is 6.07 Å². The van der Waals surface area contributed by atoms with Crippen molar-refractivity contribution >= 4 is 17.4 Å². The van der Waals surface area contributed by atoms with Gasteiger partial charge < -0.3 is 10.6 Å². The molecule has 1 fully saturated rings. The minimum atomic E-state index is 0.125. The zero-order chi connectivity index (χ0) is 17.1. The van der Waals surface area contributed by atoms with Gasteiger partial charge in [0.05, 0.1) is 12.2 Å². The predicted molar refractivity (Wildman–Crippen MR) is 94.4 cm³/mol. The lowest BCUT2D eigenvalue weighted by atomic mass is 10.2. The van der Waals surface area contributed by atoms with E-state index in [-0.39, 0.29) is 5.91 Å². The molecule has 1 amide bonds. The number of aryl methyl sites for hydroxylation is 3. The van der Waals surface area contributed by atoms with Gasteiger partial charge in [-0.05, 0) is 26.7 Å². The number of piperazine rings is 1. The Kier molecular flexibility index (Phi) is 4.99. The molecule has 130 valence electrons. The average molecular weight is 330 g/mol. The molecule has 2 N–H and O–H groups in total. The molecule has 2 aromatic heterocycles. The molecule has 0 aromatic carbocycles. The van der Waals surface area contributed by atoms with Crippen molar-refractivity contribution in [3.05, 3.63) is 23.0 Å². The number of rotatable bonds is 6. The first kappa shape index (κ1) is 16.7. The Balaban J connectivity index is 1.64. The molecule has 2 aromatic rings. The first-order chi connectivity index (χ1) is 11.6. The Morgan fingerprint density at radius 1 is 1.38 bits per heavy atom. The van der Waals surface area contributed by atoms with Crippen LogP contribution in [0, 0.1) is 13.8 Å². The number of aromatic nitrogens is 3. The second-order valence-corrected chi connectivity index (χ2v) is 6.34. The van der Waals surface area contributed by atoms with Crippen LogP contribution in [-0.4, -0.2) is 58.1 Å². The smallest absolute Gasteiger partial charge is 0.234 e. The van der Waals surface area contributed by atoms with Crippen molar-refractivity contribution in [3.63, 3.8) is 0 Å². The number of hydrogen-bond donors (Lipinski definition) is 2. The largest absolute Gasteiger partial charge is 0.370 e. The van der Waals surface area contributed by atoms with E-state index >= 15 is 0 Å². The molecular formula is C17H26N6O. The van der Waals surface area contributed by atoms with Crippen molar-refractivity contribution in [2.24, 2.45) is 0 Å². The number of carbonyl (C=O) groups is 1. The summed E-state index contributed by atoms with van der Waals surface area (Å²) in [6.45, 7) is 10.2. The number of amides is 1. The van der Waals surface area contributed by atoms with Crippen LogP contribution in [0.3, 0.4) is 0 Å². The van der Waals surface area contributed by atoms with Crippen molar-refractivity contribution in [3.8, 4) is 0 Å². The minimum Gasteiger partial charge on any atom is -0.370 e. The van der Waals surface area contributed by atoms with Crippen LogP contribution < -0.4 is 10.6 Å². The van der Waals surface area contributed by atoms with E-state index in [9.17, 15) is 4.79 Å². The van der Waals surface area contributed by atoms with Crippen LogP contribution in [0.2, 0.25) is 0 Å². The SMILES string of the molecule is CCc1cc(NCCCN2CCNC(=O)C2)n2nc(C)c(C)c2n1. The summed E-state index contributed by atoms with van der Waals surface area (Å²) in [7, 11) is 0. The molecule has 7 heteroatoms. The number of nitrogens with one attached hydrogen (secondary N) is 2. The summed E-state index contributed by atoms with van der Waals surface area (Å²) in [6, 6.07) is 2.08. The highest BCUT2D eigenvalue weighted by Gasteiger charge is 2.15. The summed E-state index contributed by atoms with van der Waals surface area (Å²) >= 11 is 0. The normalized spacial score (nSPS) is 15.7. The van der Waals surface area contributed by atoms with Crippen LogP contribution in [0.1, 0.15) is 30.3 Å². The average Bonchev–Trinajstić information content (AvgIpc) is 2.86. The molecule has 24 heavy (non-hydrogen) atoms. The summed E-state index contributed by atoms with van der Waals surface area (Å²) in [4.78, 5) is 18.3. The van der Waals surface area contributed by atoms with Gasteiger partial charge in [-0.25, -0.2) is 4.98 Å². The molecule has 1 aliphatic rings. The van der Waals surface area contributed by atoms with Crippen molar-refractivity contribution in [2.75, 3.05) is 38.0 Å². The van der Waals surface area contributed by atoms with Crippen molar-refractivity contribution in [1.29, 1.82) is 0 Å². The third-order valence-electron chi connectivity index (χ3n) is 4.55. The van der Waals surface area contributed by atoms with Gasteiger partial charge >= 0.3 is 0 Å². The topological polar surface area (TPSA) is 74.6 Å². The number of carbonyl (C=O) groups excluding carboxylic acids is 1. The van der Waals surface area contributed by atoms with Gasteiger partial charge in [-0.1, -0.05) is 6.92 Å². The molecule has 3 heterocycles. The quantitative estimate of drug-likeness (QED) is 0.777. The van der Waals surface area contributed by atoms with E-state index < -0.39 is 0 Å². The van der Waals surface area contributed by atoms with Gasteiger partial charge in [0.25, 0.3) is 0 Å². The maximum absolute atomic E-state index is 11.4. The second kappa shape index (κ2) is 7.17. The van der Waals surface area contributed by atoms with E-state index in [0.717, 1.165) is 67.4 Å². The third kappa shape index (κ3) is 3.51. The Hall–Kier alpha value is -2.15. The molecule has 1 saturated heterocycles. The lowest BCUT2D eigenvalue weighted by Crippen LogP contribution is -2.47. The first-order valence-electron chi connectivity index (χ1n) is 8.67. The van der Waals surface area contributed by atoms with E-state index in [1.54, 1.807) is 0 Å². The fraction of sp³-hybridized carbons (Fsp3) is 0.588. The van der Waals surface area contributed by atoms with E-state index in [1.807, 2.05) is 11.4 Å². The van der Waals surface area contributed by atoms with E-state index in [0.29, 0.717) is 6.54 Å². The van der Waals surface area contributed by atoms with Crippen molar-refractivity contribution in [2.45, 2.75) is 33.6 Å². The molecule has 3 rings (SSSR count). The van der Waals surface area contributed by atoms with E-state index in [1.165, 1.54) is 0 Å². The Morgan fingerprint density at radius 2 is 2.21 bits per heavy atom. The van der Waals surface area contributed by atoms with Crippen LogP contribution in [0.5, 0.6) is 0 Å². The molecule has 0 spiro atoms. The van der Waals surface area contributed by atoms with E-state index in [2.05, 4.69) is 40.5 Å². The summed E-state index contributed by atoms with van der Waals surface area (Å²) < 4.78 is 1.90. The second-order valence-electron chi connectivity index (χ2n) is 6.34. The number of anilines is 1. The standard InChI is InChI=1S/C17H26N6O/c1-4-14-10-15(23-17(20-14)12(2)13(3)21-23)18-6-5-8-22-9-7-19-16(24)11-22/h10,18H,4-9,11H2,1-3H3,(H,19,24). The Labute approximate surface area is 142 Å². The van der Waals surface area contributed by atoms with Gasteiger partial charge in [0.15, 0.2) is 5.65 Å². The molecule has 0 bridgehead atoms. The molecule has 0 unspecified atom stereocenters. The summed E-state index contributed by atoms with van der Waals surface area (Å²) in [6.07, 6.45) is 1.88. The zero-order valence-electron chi connectivity index (χ0n) is 14.7. The van der Waals surface area contributed by atoms with Gasteiger partial charge in [-0.3, -0.25) is 9.69 Å². The fourth-order valence-corrected chi connectivity index (χ4v) is 2.99. The van der Waals surface area contributed by atoms with Gasteiger partial charge in [0.2, 0.25) is 5.91 Å². The number of fused-ring (bicyclic) bond motifs is 1. The molecule has 0 atom stereocenters. The van der Waals surface area contributed by atoms with Crippen LogP contribution in [-0.2, 0) is 11.2 Å². The summed E-state index contributed by atoms with van der Waals surface area (Å²) in [5.74, 6) is 1.12. The van der Waals surface area contributed by atoms with Crippen LogP contribution in [0.4, 0.5) is 5.82 Å². The molecule has 0 radical (unpaired) electrons. The Morgan fingerprint density at radius 3 is 2.96 bits per heavy atom. The highest BCUT2D eigenvalue weighted by atomic mass is 16.2. The number of nitrogens with zero attached hydrogens (tertiary/aromatic N) is 4. The molecule has 0 aliphatic carbocycles. The van der Waals surface area contributed by atoms with E-state index in [4.69, 9.17) is 4.98 Å². The van der Waals surface area contributed by atoms with Crippen LogP contribution in [0.25, 0.3) is 5.65 Å². The molecule has 1 aliphatic heterocycles. The summed E-state index contributed by atoms with van der Waals surface area (Å²) in [5, 5.41) is 10.9. The lowest BCUT2D eigenvalue weighted by Gasteiger charge is -2.26. The van der Waals surface area contributed by atoms with Crippen LogP contribution >= 0.6 is 0 Å². The monoisotopic (exact) mass is 330 g/mol. The number of hydrogen-bond acceptors (Lipinski definition) is 5. The van der Waals surface area contributed by atoms with Gasteiger partial charge in [-0.2, -0.15) is 9.61 Å². The zero-order valence-corrected chi connectivity index (χ0v) is 14.7. The lowest BCUT2D eigenvalue weighted by molar-refractivity contribution is -0.124. The molecular weight excluding hydrogens is 304 g/mol. The highest BCUT2D eigenvalue weighted by Crippen LogP contribution is 2.18. The predicted octanol–water partition coefficient (Wildman–Crippen LogP) is 1.14. The summed E-state index contributed by atoms with van der Waals surface area (Å²) in [5.41, 5.74) is 4.15. The third-order valence-corrected chi connectivity index (χ3v) is 4.55. The molecule has 7 nitrogen and oxygen atoms in total. The van der Waals surface area contributed by atoms with Gasteiger partial charge in [0, 0.05) is 43.5 Å². The van der Waals surface area contributed by atoms with Gasteiger partial charge in [0.1, 0.15) is 5.82 Å². The fourth-order valence-electron chi connectivity index (χ4n) is 2.99. The molecule has 0 saturated carbocycles. The Bertz CT molecular complexity index is 738. The van der Waals surface area contributed by atoms with Gasteiger partial charge in [-0.15, -0.1) is 0 Å². The highest BCUT2D eigenvalue weighted by molar-refractivity contribution is 5.78.